The molecule has 0 saturated carbocycles. The number of H-pyrrole nitrogens is 1. The van der Waals surface area contributed by atoms with Crippen LogP contribution in [0.5, 0.6) is 11.5 Å². The van der Waals surface area contributed by atoms with Crippen LogP contribution in [0.2, 0.25) is 5.02 Å². The summed E-state index contributed by atoms with van der Waals surface area (Å²) in [6.45, 7) is 2.80. The van der Waals surface area contributed by atoms with Crippen LogP contribution >= 0.6 is 11.6 Å². The van der Waals surface area contributed by atoms with Gasteiger partial charge in [-0.25, -0.2) is 4.98 Å². The normalized spacial score (nSPS) is 10.7. The van der Waals surface area contributed by atoms with Gasteiger partial charge in [-0.3, -0.25) is 4.79 Å². The zero-order valence-corrected chi connectivity index (χ0v) is 15.4. The van der Waals surface area contributed by atoms with Crippen molar-refractivity contribution in [2.75, 3.05) is 13.7 Å². The van der Waals surface area contributed by atoms with E-state index in [0.717, 1.165) is 17.5 Å². The maximum atomic E-state index is 12.5. The molecule has 0 fully saturated rings. The fourth-order valence-electron chi connectivity index (χ4n) is 2.55. The minimum Gasteiger partial charge on any atom is -0.493 e. The smallest absolute Gasteiger partial charge is 0.251 e. The number of aromatic amines is 1. The van der Waals surface area contributed by atoms with E-state index in [9.17, 15) is 4.79 Å². The summed E-state index contributed by atoms with van der Waals surface area (Å²) in [5.74, 6) is 1.29. The molecule has 1 amide bonds. The Kier molecular flexibility index (Phi) is 5.63. The van der Waals surface area contributed by atoms with E-state index in [4.69, 9.17) is 21.1 Å². The lowest BCUT2D eigenvalue weighted by atomic mass is 10.2. The monoisotopic (exact) mass is 373 g/mol. The van der Waals surface area contributed by atoms with Crippen molar-refractivity contribution in [1.82, 2.24) is 15.3 Å². The number of hydrogen-bond acceptors (Lipinski definition) is 4. The summed E-state index contributed by atoms with van der Waals surface area (Å²) in [6, 6.07) is 10.9. The Hall–Kier alpha value is -2.73. The highest BCUT2D eigenvalue weighted by atomic mass is 35.5. The van der Waals surface area contributed by atoms with E-state index in [1.165, 1.54) is 7.11 Å². The number of nitrogens with zero attached hydrogens (tertiary/aromatic N) is 1. The number of benzene rings is 2. The van der Waals surface area contributed by atoms with Crippen LogP contribution in [0, 0.1) is 0 Å². The van der Waals surface area contributed by atoms with E-state index in [1.54, 1.807) is 12.1 Å². The fraction of sp³-hybridized carbons (Fsp3) is 0.263. The highest BCUT2D eigenvalue weighted by Gasteiger charge is 2.16. The summed E-state index contributed by atoms with van der Waals surface area (Å²) >= 11 is 6.26. The Morgan fingerprint density at radius 2 is 2.12 bits per heavy atom. The number of rotatable bonds is 7. The number of halogens is 1. The molecule has 1 aromatic heterocycles. The zero-order valence-electron chi connectivity index (χ0n) is 14.6. The van der Waals surface area contributed by atoms with E-state index in [2.05, 4.69) is 15.3 Å². The highest BCUT2D eigenvalue weighted by Crippen LogP contribution is 2.36. The second-order valence-electron chi connectivity index (χ2n) is 5.72. The first-order valence-electron chi connectivity index (χ1n) is 8.34. The maximum Gasteiger partial charge on any atom is 0.251 e. The summed E-state index contributed by atoms with van der Waals surface area (Å²) in [6.07, 6.45) is 0.846. The minimum atomic E-state index is -0.271. The molecule has 0 unspecified atom stereocenters. The van der Waals surface area contributed by atoms with Crippen molar-refractivity contribution >= 4 is 28.5 Å². The number of methoxy groups -OCH3 is 1. The third kappa shape index (κ3) is 3.91. The standard InChI is InChI=1S/C19H20ClN3O3/c1-3-8-26-18-13(20)9-12(10-16(18)25-2)19(24)21-11-17-22-14-6-4-5-7-15(14)23-17/h4-7,9-10H,3,8,11H2,1-2H3,(H,21,24)(H,22,23). The molecule has 0 atom stereocenters. The number of aromatic nitrogens is 2. The van der Waals surface area contributed by atoms with Gasteiger partial charge in [-0.05, 0) is 30.7 Å². The SMILES string of the molecule is CCCOc1c(Cl)cc(C(=O)NCc2nc3ccccc3[nH]2)cc1OC. The fourth-order valence-corrected chi connectivity index (χ4v) is 2.82. The molecule has 2 N–H and O–H groups in total. The van der Waals surface area contributed by atoms with Gasteiger partial charge in [0.15, 0.2) is 11.5 Å². The van der Waals surface area contributed by atoms with Crippen molar-refractivity contribution in [2.24, 2.45) is 0 Å². The van der Waals surface area contributed by atoms with E-state index >= 15 is 0 Å². The summed E-state index contributed by atoms with van der Waals surface area (Å²) in [7, 11) is 1.51. The molecule has 0 aliphatic carbocycles. The number of imidazole rings is 1. The second-order valence-corrected chi connectivity index (χ2v) is 6.13. The predicted octanol–water partition coefficient (Wildman–Crippen LogP) is 3.94. The molecule has 3 rings (SSSR count). The molecule has 0 bridgehead atoms. The summed E-state index contributed by atoms with van der Waals surface area (Å²) < 4.78 is 10.9. The van der Waals surface area contributed by atoms with Crippen LogP contribution < -0.4 is 14.8 Å². The number of carbonyl (C=O) groups is 1. The van der Waals surface area contributed by atoms with Crippen LogP contribution in [0.3, 0.4) is 0 Å². The van der Waals surface area contributed by atoms with Crippen LogP contribution in [-0.2, 0) is 6.54 Å². The predicted molar refractivity (Wildman–Crippen MR) is 101 cm³/mol. The van der Waals surface area contributed by atoms with Crippen LogP contribution in [0.25, 0.3) is 11.0 Å². The van der Waals surface area contributed by atoms with Gasteiger partial charge in [-0.15, -0.1) is 0 Å². The van der Waals surface area contributed by atoms with Gasteiger partial charge in [-0.1, -0.05) is 30.7 Å². The first-order chi connectivity index (χ1) is 12.6. The average Bonchev–Trinajstić information content (AvgIpc) is 3.07. The van der Waals surface area contributed by atoms with Gasteiger partial charge in [0.05, 0.1) is 36.3 Å². The lowest BCUT2D eigenvalue weighted by Crippen LogP contribution is -2.23. The van der Waals surface area contributed by atoms with Gasteiger partial charge in [0.1, 0.15) is 5.82 Å². The first-order valence-corrected chi connectivity index (χ1v) is 8.72. The van der Waals surface area contributed by atoms with Gasteiger partial charge in [-0.2, -0.15) is 0 Å². The Balaban J connectivity index is 1.73. The Bertz CT molecular complexity index is 891. The molecule has 0 saturated heterocycles. The molecule has 0 aliphatic heterocycles. The molecule has 0 spiro atoms. The third-order valence-electron chi connectivity index (χ3n) is 3.80. The van der Waals surface area contributed by atoms with Gasteiger partial charge in [0, 0.05) is 5.56 Å². The number of para-hydroxylation sites is 2. The van der Waals surface area contributed by atoms with Crippen molar-refractivity contribution in [3.63, 3.8) is 0 Å². The number of carbonyl (C=O) groups excluding carboxylic acids is 1. The molecule has 6 nitrogen and oxygen atoms in total. The molecule has 0 aliphatic rings. The van der Waals surface area contributed by atoms with Crippen LogP contribution in [0.4, 0.5) is 0 Å². The molecule has 7 heteroatoms. The topological polar surface area (TPSA) is 76.2 Å². The summed E-state index contributed by atoms with van der Waals surface area (Å²) in [5.41, 5.74) is 2.18. The quantitative estimate of drug-likeness (QED) is 0.657. The van der Waals surface area contributed by atoms with Crippen LogP contribution in [0.1, 0.15) is 29.5 Å². The van der Waals surface area contributed by atoms with E-state index < -0.39 is 0 Å². The first kappa shape index (κ1) is 18.1. The highest BCUT2D eigenvalue weighted by molar-refractivity contribution is 6.32. The molecule has 2 aromatic carbocycles. The van der Waals surface area contributed by atoms with Crippen LogP contribution in [-0.4, -0.2) is 29.6 Å². The lowest BCUT2D eigenvalue weighted by Gasteiger charge is -2.13. The van der Waals surface area contributed by atoms with Crippen LogP contribution in [0.15, 0.2) is 36.4 Å². The molecule has 136 valence electrons. The van der Waals surface area contributed by atoms with Gasteiger partial charge >= 0.3 is 0 Å². The summed E-state index contributed by atoms with van der Waals surface area (Å²) in [5, 5.41) is 3.17. The molecule has 0 radical (unpaired) electrons. The third-order valence-corrected chi connectivity index (χ3v) is 4.08. The van der Waals surface area contributed by atoms with Gasteiger partial charge in [0.25, 0.3) is 5.91 Å². The largest absolute Gasteiger partial charge is 0.493 e. The van der Waals surface area contributed by atoms with Gasteiger partial charge in [0.2, 0.25) is 0 Å². The van der Waals surface area contributed by atoms with Crippen molar-refractivity contribution in [3.05, 3.63) is 52.8 Å². The molecular formula is C19H20ClN3O3. The Labute approximate surface area is 156 Å². The lowest BCUT2D eigenvalue weighted by molar-refractivity contribution is 0.0949. The zero-order chi connectivity index (χ0) is 18.5. The van der Waals surface area contributed by atoms with Gasteiger partial charge < -0.3 is 19.8 Å². The molecule has 1 heterocycles. The maximum absolute atomic E-state index is 12.5. The number of fused-ring (bicyclic) bond motifs is 1. The Morgan fingerprint density at radius 1 is 1.31 bits per heavy atom. The average molecular weight is 374 g/mol. The van der Waals surface area contributed by atoms with E-state index in [0.29, 0.717) is 34.5 Å². The number of ether oxygens (including phenoxy) is 2. The Morgan fingerprint density at radius 3 is 2.85 bits per heavy atom. The van der Waals surface area contributed by atoms with Crippen molar-refractivity contribution in [3.8, 4) is 11.5 Å². The van der Waals surface area contributed by atoms with Crippen molar-refractivity contribution in [1.29, 1.82) is 0 Å². The number of hydrogen-bond donors (Lipinski definition) is 2. The molecule has 3 aromatic rings. The van der Waals surface area contributed by atoms with E-state index in [1.807, 2.05) is 31.2 Å². The molecular weight excluding hydrogens is 354 g/mol. The minimum absolute atomic E-state index is 0.271. The summed E-state index contributed by atoms with van der Waals surface area (Å²) in [4.78, 5) is 20.1. The second kappa shape index (κ2) is 8.10. The molecule has 26 heavy (non-hydrogen) atoms. The van der Waals surface area contributed by atoms with E-state index in [-0.39, 0.29) is 12.5 Å². The van der Waals surface area contributed by atoms with Crippen molar-refractivity contribution in [2.45, 2.75) is 19.9 Å². The number of amides is 1. The van der Waals surface area contributed by atoms with Crippen molar-refractivity contribution < 1.29 is 14.3 Å². The number of nitrogens with one attached hydrogen (secondary N) is 2.